The number of nitrogens with zero attached hydrogens (tertiary/aromatic N) is 2. The van der Waals surface area contributed by atoms with Gasteiger partial charge in [0.15, 0.2) is 0 Å². The minimum absolute atomic E-state index is 0.105. The Balaban J connectivity index is 1.63. The fourth-order valence-electron chi connectivity index (χ4n) is 2.67. The van der Waals surface area contributed by atoms with Crippen molar-refractivity contribution in [3.8, 4) is 0 Å². The van der Waals surface area contributed by atoms with Crippen LogP contribution in [0.3, 0.4) is 0 Å². The molecule has 1 aliphatic heterocycles. The van der Waals surface area contributed by atoms with Gasteiger partial charge in [0.25, 0.3) is 10.0 Å². The first-order valence-corrected chi connectivity index (χ1v) is 11.2. The van der Waals surface area contributed by atoms with Crippen molar-refractivity contribution in [1.29, 1.82) is 0 Å². The molecule has 1 saturated heterocycles. The number of carbonyl (C=O) groups excluding carboxylic acids is 1. The summed E-state index contributed by atoms with van der Waals surface area (Å²) < 4.78 is 37.9. The van der Waals surface area contributed by atoms with E-state index in [1.807, 2.05) is 11.4 Å². The van der Waals surface area contributed by atoms with Crippen molar-refractivity contribution in [2.75, 3.05) is 32.8 Å². The van der Waals surface area contributed by atoms with E-state index >= 15 is 0 Å². The fourth-order valence-corrected chi connectivity index (χ4v) is 5.52. The molecule has 0 atom stereocenters. The standard InChI is InChI=1S/C16H19BrN2O5S2/c1-2-23-16(20)13-3-4-15(24-13)26(21,22)19-8-6-18(7-9-19)11-14-12(17)5-10-25-14/h3-5,10H,2,6-9,11H2,1H3. The summed E-state index contributed by atoms with van der Waals surface area (Å²) in [5, 5.41) is 1.80. The van der Waals surface area contributed by atoms with Gasteiger partial charge in [-0.15, -0.1) is 11.3 Å². The summed E-state index contributed by atoms with van der Waals surface area (Å²) in [5.41, 5.74) is 0. The SMILES string of the molecule is CCOC(=O)c1ccc(S(=O)(=O)N2CCN(Cc3sccc3Br)CC2)o1. The third-order valence-electron chi connectivity index (χ3n) is 4.04. The van der Waals surface area contributed by atoms with Gasteiger partial charge in [-0.25, -0.2) is 13.2 Å². The van der Waals surface area contributed by atoms with Gasteiger partial charge in [-0.3, -0.25) is 4.90 Å². The Morgan fingerprint density at radius 2 is 2.00 bits per heavy atom. The van der Waals surface area contributed by atoms with Crippen LogP contribution in [0.25, 0.3) is 0 Å². The smallest absolute Gasteiger partial charge is 0.374 e. The van der Waals surface area contributed by atoms with E-state index in [0.717, 1.165) is 11.0 Å². The molecule has 1 aliphatic rings. The Bertz CT molecular complexity index is 869. The Kier molecular flexibility index (Phi) is 6.18. The highest BCUT2D eigenvalue weighted by Crippen LogP contribution is 2.26. The zero-order valence-electron chi connectivity index (χ0n) is 14.2. The summed E-state index contributed by atoms with van der Waals surface area (Å²) in [6, 6.07) is 4.64. The first kappa shape index (κ1) is 19.6. The molecule has 0 radical (unpaired) electrons. The van der Waals surface area contributed by atoms with Gasteiger partial charge in [0.2, 0.25) is 10.9 Å². The monoisotopic (exact) mass is 462 g/mol. The van der Waals surface area contributed by atoms with E-state index in [1.165, 1.54) is 21.3 Å². The van der Waals surface area contributed by atoms with E-state index in [9.17, 15) is 13.2 Å². The van der Waals surface area contributed by atoms with Crippen LogP contribution in [0.4, 0.5) is 0 Å². The third-order valence-corrected chi connectivity index (χ3v) is 7.73. The van der Waals surface area contributed by atoms with E-state index in [0.29, 0.717) is 26.2 Å². The average molecular weight is 463 g/mol. The molecule has 0 saturated carbocycles. The summed E-state index contributed by atoms with van der Waals surface area (Å²) >= 11 is 5.20. The van der Waals surface area contributed by atoms with Gasteiger partial charge in [-0.05, 0) is 46.4 Å². The van der Waals surface area contributed by atoms with Crippen LogP contribution >= 0.6 is 27.3 Å². The minimum atomic E-state index is -3.76. The number of rotatable bonds is 6. The van der Waals surface area contributed by atoms with Crippen LogP contribution in [-0.4, -0.2) is 56.4 Å². The zero-order chi connectivity index (χ0) is 18.7. The molecule has 0 N–H and O–H groups in total. The van der Waals surface area contributed by atoms with E-state index in [1.54, 1.807) is 18.3 Å². The van der Waals surface area contributed by atoms with Crippen molar-refractivity contribution in [2.24, 2.45) is 0 Å². The van der Waals surface area contributed by atoms with E-state index in [2.05, 4.69) is 20.8 Å². The van der Waals surface area contributed by atoms with Crippen LogP contribution in [0.5, 0.6) is 0 Å². The Morgan fingerprint density at radius 1 is 1.27 bits per heavy atom. The molecule has 2 aromatic rings. The molecule has 0 aromatic carbocycles. The van der Waals surface area contributed by atoms with Gasteiger partial charge in [0.05, 0.1) is 6.61 Å². The topological polar surface area (TPSA) is 80.1 Å². The van der Waals surface area contributed by atoms with Gasteiger partial charge in [-0.1, -0.05) is 0 Å². The highest BCUT2D eigenvalue weighted by molar-refractivity contribution is 9.10. The summed E-state index contributed by atoms with van der Waals surface area (Å²) in [6.45, 7) is 4.68. The quantitative estimate of drug-likeness (QED) is 0.613. The van der Waals surface area contributed by atoms with Crippen molar-refractivity contribution in [1.82, 2.24) is 9.21 Å². The molecule has 3 heterocycles. The largest absolute Gasteiger partial charge is 0.460 e. The average Bonchev–Trinajstić information content (AvgIpc) is 3.26. The molecule has 142 valence electrons. The second-order valence-electron chi connectivity index (χ2n) is 5.71. The first-order valence-electron chi connectivity index (χ1n) is 8.13. The highest BCUT2D eigenvalue weighted by atomic mass is 79.9. The van der Waals surface area contributed by atoms with Crippen LogP contribution in [0, 0.1) is 0 Å². The number of furan rings is 1. The van der Waals surface area contributed by atoms with Crippen molar-refractivity contribution in [2.45, 2.75) is 18.6 Å². The Hall–Kier alpha value is -1.20. The second-order valence-corrected chi connectivity index (χ2v) is 9.44. The molecular formula is C16H19BrN2O5S2. The third kappa shape index (κ3) is 4.20. The number of ether oxygens (including phenoxy) is 1. The molecule has 0 unspecified atom stereocenters. The Labute approximate surface area is 164 Å². The number of hydrogen-bond acceptors (Lipinski definition) is 7. The molecule has 10 heteroatoms. The first-order chi connectivity index (χ1) is 12.4. The highest BCUT2D eigenvalue weighted by Gasteiger charge is 2.32. The van der Waals surface area contributed by atoms with Gasteiger partial charge < -0.3 is 9.15 Å². The lowest BCUT2D eigenvalue weighted by Crippen LogP contribution is -2.48. The number of piperazine rings is 1. The van der Waals surface area contributed by atoms with Crippen LogP contribution in [0.1, 0.15) is 22.4 Å². The van der Waals surface area contributed by atoms with Crippen molar-refractivity contribution < 1.29 is 22.4 Å². The fraction of sp³-hybridized carbons (Fsp3) is 0.438. The van der Waals surface area contributed by atoms with Crippen molar-refractivity contribution in [3.63, 3.8) is 0 Å². The molecule has 3 rings (SSSR count). The predicted octanol–water partition coefficient (Wildman–Crippen LogP) is 2.79. The lowest BCUT2D eigenvalue weighted by atomic mass is 10.3. The van der Waals surface area contributed by atoms with Crippen molar-refractivity contribution >= 4 is 43.3 Å². The number of thiophene rings is 1. The van der Waals surface area contributed by atoms with Gasteiger partial charge in [-0.2, -0.15) is 4.31 Å². The maximum atomic E-state index is 12.7. The number of hydrogen-bond donors (Lipinski definition) is 0. The number of sulfonamides is 1. The number of halogens is 1. The molecule has 0 bridgehead atoms. The lowest BCUT2D eigenvalue weighted by molar-refractivity contribution is 0.0483. The van der Waals surface area contributed by atoms with Crippen LogP contribution in [-0.2, 0) is 21.3 Å². The van der Waals surface area contributed by atoms with E-state index in [-0.39, 0.29) is 17.5 Å². The maximum absolute atomic E-state index is 12.7. The normalized spacial score (nSPS) is 16.7. The predicted molar refractivity (Wildman–Crippen MR) is 101 cm³/mol. The minimum Gasteiger partial charge on any atom is -0.460 e. The number of carbonyl (C=O) groups is 1. The molecule has 2 aromatic heterocycles. The Morgan fingerprint density at radius 3 is 2.62 bits per heavy atom. The molecule has 0 spiro atoms. The maximum Gasteiger partial charge on any atom is 0.374 e. The molecule has 0 aliphatic carbocycles. The summed E-state index contributed by atoms with van der Waals surface area (Å²) in [6.07, 6.45) is 0. The summed E-state index contributed by atoms with van der Waals surface area (Å²) in [4.78, 5) is 15.1. The van der Waals surface area contributed by atoms with Gasteiger partial charge >= 0.3 is 5.97 Å². The molecule has 1 fully saturated rings. The van der Waals surface area contributed by atoms with Crippen molar-refractivity contribution in [3.05, 3.63) is 38.7 Å². The van der Waals surface area contributed by atoms with Crippen LogP contribution in [0.2, 0.25) is 0 Å². The van der Waals surface area contributed by atoms with Gasteiger partial charge in [0, 0.05) is 42.1 Å². The molecular weight excluding hydrogens is 444 g/mol. The molecule has 7 nitrogen and oxygen atoms in total. The second kappa shape index (κ2) is 8.22. The molecule has 0 amide bonds. The van der Waals surface area contributed by atoms with Gasteiger partial charge in [0.1, 0.15) is 0 Å². The summed E-state index contributed by atoms with van der Waals surface area (Å²) in [7, 11) is -3.76. The lowest BCUT2D eigenvalue weighted by Gasteiger charge is -2.33. The van der Waals surface area contributed by atoms with E-state index < -0.39 is 16.0 Å². The summed E-state index contributed by atoms with van der Waals surface area (Å²) in [5.74, 6) is -0.771. The van der Waals surface area contributed by atoms with Crippen LogP contribution < -0.4 is 0 Å². The number of esters is 1. The molecule has 26 heavy (non-hydrogen) atoms. The zero-order valence-corrected chi connectivity index (χ0v) is 17.4. The van der Waals surface area contributed by atoms with Crippen LogP contribution in [0.15, 0.2) is 37.6 Å². The van der Waals surface area contributed by atoms with E-state index in [4.69, 9.17) is 9.15 Å².